The smallest absolute Gasteiger partial charge is 0.358 e. The molecule has 8 heteroatoms. The Kier molecular flexibility index (Phi) is 4.30. The van der Waals surface area contributed by atoms with Crippen LogP contribution >= 0.6 is 23.2 Å². The lowest BCUT2D eigenvalue weighted by molar-refractivity contribution is -0.255. The Morgan fingerprint density at radius 3 is 1.95 bits per heavy atom. The van der Waals surface area contributed by atoms with E-state index in [9.17, 15) is 27.5 Å². The molecule has 1 N–H and O–H groups in total. The fourth-order valence-electron chi connectivity index (χ4n) is 2.84. The van der Waals surface area contributed by atoms with Crippen LogP contribution in [0.15, 0.2) is 11.6 Å². The van der Waals surface area contributed by atoms with Crippen LogP contribution < -0.4 is 0 Å². The Bertz CT molecular complexity index is 435. The number of allylic oxidation sites excluding steroid dienone is 2. The number of carbonyl (C=O) groups is 1. The fourth-order valence-corrected chi connectivity index (χ4v) is 3.35. The molecule has 2 nitrogen and oxygen atoms in total. The summed E-state index contributed by atoms with van der Waals surface area (Å²) in [5.41, 5.74) is -5.02. The van der Waals surface area contributed by atoms with E-state index in [4.69, 9.17) is 0 Å². The first-order chi connectivity index (χ1) is 8.64. The highest BCUT2D eigenvalue weighted by Crippen LogP contribution is 2.57. The van der Waals surface area contributed by atoms with E-state index in [1.54, 1.807) is 6.92 Å². The van der Waals surface area contributed by atoms with Gasteiger partial charge in [0.05, 0.1) is 5.92 Å². The van der Waals surface area contributed by atoms with Crippen LogP contribution in [0.1, 0.15) is 27.2 Å². The summed E-state index contributed by atoms with van der Waals surface area (Å²) in [6.45, 7) is 4.21. The molecule has 0 aromatic heterocycles. The van der Waals surface area contributed by atoms with Gasteiger partial charge in [0.2, 0.25) is 5.60 Å². The third kappa shape index (κ3) is 2.70. The van der Waals surface area contributed by atoms with Gasteiger partial charge in [-0.15, -0.1) is 0 Å². The quantitative estimate of drug-likeness (QED) is 0.626. The molecule has 0 fully saturated rings. The summed E-state index contributed by atoms with van der Waals surface area (Å²) in [6, 6.07) is 0. The Morgan fingerprint density at radius 1 is 1.25 bits per heavy atom. The Morgan fingerprint density at radius 2 is 1.65 bits per heavy atom. The van der Waals surface area contributed by atoms with Crippen molar-refractivity contribution in [2.24, 2.45) is 11.3 Å². The van der Waals surface area contributed by atoms with Gasteiger partial charge < -0.3 is 5.11 Å². The van der Waals surface area contributed by atoms with Crippen molar-refractivity contribution >= 4 is 29.0 Å². The van der Waals surface area contributed by atoms with Gasteiger partial charge in [-0.3, -0.25) is 4.79 Å². The zero-order valence-corrected chi connectivity index (χ0v) is 12.5. The third-order valence-electron chi connectivity index (χ3n) is 3.47. The average molecular weight is 337 g/mol. The number of halogens is 6. The molecule has 0 aromatic rings. The predicted molar refractivity (Wildman–Crippen MR) is 67.2 cm³/mol. The van der Waals surface area contributed by atoms with Gasteiger partial charge in [0.15, 0.2) is 5.78 Å². The second kappa shape index (κ2) is 4.85. The van der Waals surface area contributed by atoms with Crippen LogP contribution in [0.3, 0.4) is 0 Å². The molecule has 0 aromatic carbocycles. The van der Waals surface area contributed by atoms with Gasteiger partial charge in [0, 0.05) is 0 Å². The summed E-state index contributed by atoms with van der Waals surface area (Å²) >= 11 is 9.33. The molecule has 1 aliphatic carbocycles. The second-order valence-corrected chi connectivity index (χ2v) is 6.70. The van der Waals surface area contributed by atoms with Crippen molar-refractivity contribution in [3.8, 4) is 0 Å². The average Bonchev–Trinajstić information content (AvgIpc) is 2.09. The van der Waals surface area contributed by atoms with E-state index >= 15 is 0 Å². The summed E-state index contributed by atoms with van der Waals surface area (Å²) in [4.78, 5) is 11.9. The highest BCUT2D eigenvalue weighted by atomic mass is 35.5. The van der Waals surface area contributed by atoms with Gasteiger partial charge in [-0.1, -0.05) is 19.4 Å². The zero-order chi connectivity index (χ0) is 16.1. The van der Waals surface area contributed by atoms with Crippen molar-refractivity contribution in [2.75, 3.05) is 0 Å². The topological polar surface area (TPSA) is 37.3 Å². The van der Waals surface area contributed by atoms with Crippen molar-refractivity contribution in [3.05, 3.63) is 11.6 Å². The van der Waals surface area contributed by atoms with Crippen molar-refractivity contribution < 1.29 is 27.5 Å². The molecule has 0 bridgehead atoms. The van der Waals surface area contributed by atoms with Crippen LogP contribution in [0.4, 0.5) is 17.6 Å². The van der Waals surface area contributed by atoms with Gasteiger partial charge in [0.1, 0.15) is 0 Å². The van der Waals surface area contributed by atoms with Crippen LogP contribution in [-0.4, -0.2) is 27.3 Å². The van der Waals surface area contributed by atoms with Crippen LogP contribution in [0.25, 0.3) is 0 Å². The lowest BCUT2D eigenvalue weighted by Gasteiger charge is -2.48. The number of carbonyl (C=O) groups excluding carboxylic acids is 1. The monoisotopic (exact) mass is 336 g/mol. The van der Waals surface area contributed by atoms with E-state index in [0.29, 0.717) is 5.57 Å². The zero-order valence-electron chi connectivity index (χ0n) is 11.0. The number of hydrogen-bond donors (Lipinski definition) is 1. The molecule has 1 atom stereocenters. The summed E-state index contributed by atoms with van der Waals surface area (Å²) in [6.07, 6.45) is 1.03. The summed E-state index contributed by atoms with van der Waals surface area (Å²) in [7, 11) is 0. The maximum Gasteiger partial charge on any atom is 0.358 e. The first-order valence-corrected chi connectivity index (χ1v) is 6.47. The van der Waals surface area contributed by atoms with Crippen molar-refractivity contribution in [2.45, 2.75) is 43.6 Å². The molecular formula is C12H14Cl2F4O2. The first-order valence-electron chi connectivity index (χ1n) is 5.71. The largest absolute Gasteiger partial charge is 0.376 e. The third-order valence-corrected chi connectivity index (χ3v) is 4.05. The maximum atomic E-state index is 13.4. The van der Waals surface area contributed by atoms with E-state index in [1.165, 1.54) is 13.8 Å². The molecule has 0 saturated heterocycles. The molecule has 1 aliphatic rings. The fraction of sp³-hybridized carbons (Fsp3) is 0.750. The molecule has 1 unspecified atom stereocenters. The molecule has 0 aliphatic heterocycles. The Hall–Kier alpha value is -0.330. The maximum absolute atomic E-state index is 13.4. The highest BCUT2D eigenvalue weighted by molar-refractivity contribution is 6.27. The van der Waals surface area contributed by atoms with Gasteiger partial charge in [-0.05, 0) is 48.0 Å². The molecule has 0 saturated carbocycles. The Labute approximate surface area is 123 Å². The minimum absolute atomic E-state index is 0.0751. The molecule has 1 rings (SSSR count). The van der Waals surface area contributed by atoms with E-state index in [0.717, 1.165) is 6.08 Å². The lowest BCUT2D eigenvalue weighted by Crippen LogP contribution is -2.66. The van der Waals surface area contributed by atoms with E-state index in [2.05, 4.69) is 23.2 Å². The Balaban J connectivity index is 3.54. The number of ketones is 1. The molecular weight excluding hydrogens is 323 g/mol. The standard InChI is InChI=1S/C12H14Cl2F4O2/c1-6-4-7(19)8(9(2,3)5-6)10(20,11(13,15)16)12(14,17)18/h4,8,20H,5H2,1-3H3. The van der Waals surface area contributed by atoms with E-state index in [-0.39, 0.29) is 6.42 Å². The summed E-state index contributed by atoms with van der Waals surface area (Å²) in [5.74, 6) is -3.19. The van der Waals surface area contributed by atoms with Crippen LogP contribution in [0.5, 0.6) is 0 Å². The van der Waals surface area contributed by atoms with Gasteiger partial charge >= 0.3 is 10.8 Å². The van der Waals surface area contributed by atoms with Gasteiger partial charge in [0.25, 0.3) is 0 Å². The molecule has 116 valence electrons. The summed E-state index contributed by atoms with van der Waals surface area (Å²) < 4.78 is 53.8. The SMILES string of the molecule is CC1=CC(=O)C(C(O)(C(F)(F)Cl)C(F)(F)Cl)C(C)(C)C1. The van der Waals surface area contributed by atoms with E-state index < -0.39 is 33.5 Å². The lowest BCUT2D eigenvalue weighted by atomic mass is 9.62. The molecule has 0 spiro atoms. The number of aliphatic hydroxyl groups is 1. The van der Waals surface area contributed by atoms with Crippen molar-refractivity contribution in [1.29, 1.82) is 0 Å². The van der Waals surface area contributed by atoms with Gasteiger partial charge in [-0.25, -0.2) is 0 Å². The first kappa shape index (κ1) is 17.7. The molecule has 0 radical (unpaired) electrons. The summed E-state index contributed by atoms with van der Waals surface area (Å²) in [5, 5.41) is 0.322. The van der Waals surface area contributed by atoms with Gasteiger partial charge in [-0.2, -0.15) is 17.6 Å². The normalized spacial score (nSPS) is 24.6. The predicted octanol–water partition coefficient (Wildman–Crippen LogP) is 3.94. The minimum Gasteiger partial charge on any atom is -0.376 e. The van der Waals surface area contributed by atoms with Crippen LogP contribution in [-0.2, 0) is 4.79 Å². The minimum atomic E-state index is -4.78. The number of hydrogen-bond acceptors (Lipinski definition) is 2. The number of alkyl halides is 6. The van der Waals surface area contributed by atoms with Crippen molar-refractivity contribution in [1.82, 2.24) is 0 Å². The van der Waals surface area contributed by atoms with Crippen LogP contribution in [0.2, 0.25) is 0 Å². The van der Waals surface area contributed by atoms with Crippen molar-refractivity contribution in [3.63, 3.8) is 0 Å². The molecule has 20 heavy (non-hydrogen) atoms. The van der Waals surface area contributed by atoms with E-state index in [1.807, 2.05) is 0 Å². The highest BCUT2D eigenvalue weighted by Gasteiger charge is 2.74. The second-order valence-electron chi connectivity index (χ2n) is 5.75. The molecule has 0 amide bonds. The number of rotatable bonds is 3. The van der Waals surface area contributed by atoms with Crippen LogP contribution in [0, 0.1) is 11.3 Å². The molecule has 0 heterocycles.